The van der Waals surface area contributed by atoms with Crippen molar-refractivity contribution in [2.45, 2.75) is 207 Å². The van der Waals surface area contributed by atoms with E-state index >= 15 is 0 Å². The van der Waals surface area contributed by atoms with Crippen LogP contribution in [0.5, 0.6) is 0 Å². The van der Waals surface area contributed by atoms with Crippen LogP contribution in [-0.4, -0.2) is 11.1 Å². The highest BCUT2D eigenvalue weighted by atomic mass is 16.4. The van der Waals surface area contributed by atoms with Gasteiger partial charge >= 0.3 is 5.97 Å². The van der Waals surface area contributed by atoms with Crippen LogP contribution in [0.3, 0.4) is 0 Å². The molecule has 0 radical (unpaired) electrons. The molecule has 2 heteroatoms. The molecule has 2 nitrogen and oxygen atoms in total. The van der Waals surface area contributed by atoms with E-state index in [2.05, 4.69) is 27.7 Å². The van der Waals surface area contributed by atoms with Crippen molar-refractivity contribution >= 4 is 5.97 Å². The van der Waals surface area contributed by atoms with Crippen LogP contribution in [0.2, 0.25) is 0 Å². The molecule has 0 aliphatic heterocycles. The molecule has 0 saturated heterocycles. The van der Waals surface area contributed by atoms with Crippen molar-refractivity contribution in [1.29, 1.82) is 0 Å². The molecule has 0 amide bonds. The van der Waals surface area contributed by atoms with E-state index in [0.717, 1.165) is 25.2 Å². The van der Waals surface area contributed by atoms with E-state index in [1.807, 2.05) is 0 Å². The average molecular weight is 537 g/mol. The van der Waals surface area contributed by atoms with Gasteiger partial charge in [-0.05, 0) is 24.7 Å². The molecule has 38 heavy (non-hydrogen) atoms. The maximum absolute atomic E-state index is 11.8. The molecule has 0 aliphatic carbocycles. The van der Waals surface area contributed by atoms with Gasteiger partial charge in [0.1, 0.15) is 0 Å². The molecule has 0 saturated carbocycles. The first-order chi connectivity index (χ1) is 18.5. The summed E-state index contributed by atoms with van der Waals surface area (Å²) in [6, 6.07) is 0. The predicted octanol–water partition coefficient (Wildman–Crippen LogP) is 12.9. The number of carboxylic acid groups (broad SMARTS) is 1. The van der Waals surface area contributed by atoms with E-state index in [0.29, 0.717) is 5.92 Å². The zero-order valence-electron chi connectivity index (χ0n) is 26.9. The molecular weight excluding hydrogens is 464 g/mol. The summed E-state index contributed by atoms with van der Waals surface area (Å²) >= 11 is 0. The number of hydrogen-bond donors (Lipinski definition) is 1. The summed E-state index contributed by atoms with van der Waals surface area (Å²) < 4.78 is 0. The third-order valence-corrected chi connectivity index (χ3v) is 8.71. The van der Waals surface area contributed by atoms with Gasteiger partial charge in [-0.3, -0.25) is 4.79 Å². The first-order valence-electron chi connectivity index (χ1n) is 17.7. The number of aliphatic carboxylic acids is 1. The smallest absolute Gasteiger partial charge is 0.306 e. The highest BCUT2D eigenvalue weighted by Crippen LogP contribution is 2.27. The molecule has 0 aromatic heterocycles. The summed E-state index contributed by atoms with van der Waals surface area (Å²) in [6.45, 7) is 9.16. The van der Waals surface area contributed by atoms with E-state index in [-0.39, 0.29) is 5.92 Å². The van der Waals surface area contributed by atoms with Gasteiger partial charge in [0.25, 0.3) is 0 Å². The van der Waals surface area contributed by atoms with E-state index in [4.69, 9.17) is 0 Å². The predicted molar refractivity (Wildman–Crippen MR) is 170 cm³/mol. The van der Waals surface area contributed by atoms with Crippen LogP contribution >= 0.6 is 0 Å². The van der Waals surface area contributed by atoms with Crippen molar-refractivity contribution < 1.29 is 9.90 Å². The molecule has 0 aromatic carbocycles. The summed E-state index contributed by atoms with van der Waals surface area (Å²) in [6.07, 6.45) is 37.1. The molecule has 0 fully saturated rings. The second-order valence-electron chi connectivity index (χ2n) is 13.1. The van der Waals surface area contributed by atoms with Gasteiger partial charge in [-0.1, -0.05) is 195 Å². The van der Waals surface area contributed by atoms with Gasteiger partial charge in [0.2, 0.25) is 0 Å². The van der Waals surface area contributed by atoms with Gasteiger partial charge < -0.3 is 5.11 Å². The van der Waals surface area contributed by atoms with Crippen molar-refractivity contribution in [3.8, 4) is 0 Å². The Labute approximate surface area is 240 Å². The third kappa shape index (κ3) is 27.1. The Bertz CT molecular complexity index is 472. The van der Waals surface area contributed by atoms with Crippen molar-refractivity contribution in [2.75, 3.05) is 0 Å². The molecule has 2 unspecified atom stereocenters. The Balaban J connectivity index is 3.49. The van der Waals surface area contributed by atoms with Crippen LogP contribution in [0, 0.1) is 17.8 Å². The monoisotopic (exact) mass is 537 g/mol. The molecule has 0 rings (SSSR count). The second kappa shape index (κ2) is 29.5. The molecule has 0 aromatic rings. The Hall–Kier alpha value is -0.530. The quantitative estimate of drug-likeness (QED) is 0.0894. The topological polar surface area (TPSA) is 37.3 Å². The SMILES string of the molecule is CCCCCC(CCC)CC(CCCCCCCCCCCCCCCCCCCCCC(C)C)C(=O)O. The lowest BCUT2D eigenvalue weighted by Crippen LogP contribution is -2.18. The molecule has 0 aliphatic rings. The maximum atomic E-state index is 11.8. The Kier molecular flexibility index (Phi) is 29.0. The van der Waals surface area contributed by atoms with Crippen LogP contribution in [0.1, 0.15) is 207 Å². The summed E-state index contributed by atoms with van der Waals surface area (Å²) in [7, 11) is 0. The van der Waals surface area contributed by atoms with Crippen molar-refractivity contribution in [1.82, 2.24) is 0 Å². The average Bonchev–Trinajstić information content (AvgIpc) is 2.88. The summed E-state index contributed by atoms with van der Waals surface area (Å²) in [5, 5.41) is 9.73. The Morgan fingerprint density at radius 2 is 0.842 bits per heavy atom. The summed E-state index contributed by atoms with van der Waals surface area (Å²) in [5.41, 5.74) is 0. The fraction of sp³-hybridized carbons (Fsp3) is 0.972. The van der Waals surface area contributed by atoms with Crippen LogP contribution in [0.15, 0.2) is 0 Å². The van der Waals surface area contributed by atoms with Gasteiger partial charge in [0.15, 0.2) is 0 Å². The first-order valence-corrected chi connectivity index (χ1v) is 17.7. The number of carboxylic acids is 1. The minimum atomic E-state index is -0.551. The highest BCUT2D eigenvalue weighted by molar-refractivity contribution is 5.69. The molecular formula is C36H72O2. The van der Waals surface area contributed by atoms with E-state index < -0.39 is 5.97 Å². The highest BCUT2D eigenvalue weighted by Gasteiger charge is 2.21. The van der Waals surface area contributed by atoms with Crippen LogP contribution in [0.4, 0.5) is 0 Å². The van der Waals surface area contributed by atoms with Crippen LogP contribution in [0.25, 0.3) is 0 Å². The number of carbonyl (C=O) groups is 1. The van der Waals surface area contributed by atoms with Gasteiger partial charge in [-0.25, -0.2) is 0 Å². The van der Waals surface area contributed by atoms with E-state index in [1.54, 1.807) is 0 Å². The largest absolute Gasteiger partial charge is 0.481 e. The van der Waals surface area contributed by atoms with Gasteiger partial charge in [0.05, 0.1) is 5.92 Å². The zero-order valence-corrected chi connectivity index (χ0v) is 26.9. The molecule has 0 heterocycles. The molecule has 2 atom stereocenters. The number of rotatable bonds is 31. The fourth-order valence-electron chi connectivity index (χ4n) is 6.16. The van der Waals surface area contributed by atoms with Crippen LogP contribution < -0.4 is 0 Å². The molecule has 228 valence electrons. The Morgan fingerprint density at radius 3 is 1.18 bits per heavy atom. The molecule has 0 bridgehead atoms. The standard InChI is InChI=1S/C36H72O2/c1-5-7-25-30-34(28-6-2)32-35(36(37)38)31-27-24-22-20-18-16-14-12-10-8-9-11-13-15-17-19-21-23-26-29-33(3)4/h33-35H,5-32H2,1-4H3,(H,37,38). The van der Waals surface area contributed by atoms with E-state index in [9.17, 15) is 9.90 Å². The van der Waals surface area contributed by atoms with Gasteiger partial charge in [-0.15, -0.1) is 0 Å². The lowest BCUT2D eigenvalue weighted by molar-refractivity contribution is -0.142. The zero-order chi connectivity index (χ0) is 28.1. The molecule has 1 N–H and O–H groups in total. The lowest BCUT2D eigenvalue weighted by atomic mass is 9.85. The van der Waals surface area contributed by atoms with Crippen molar-refractivity contribution in [2.24, 2.45) is 17.8 Å². The normalized spacial score (nSPS) is 13.3. The Morgan fingerprint density at radius 1 is 0.474 bits per heavy atom. The lowest BCUT2D eigenvalue weighted by Gasteiger charge is -2.21. The minimum Gasteiger partial charge on any atom is -0.481 e. The van der Waals surface area contributed by atoms with Crippen molar-refractivity contribution in [3.63, 3.8) is 0 Å². The fourth-order valence-corrected chi connectivity index (χ4v) is 6.16. The van der Waals surface area contributed by atoms with Gasteiger partial charge in [-0.2, -0.15) is 0 Å². The minimum absolute atomic E-state index is 0.113. The second-order valence-corrected chi connectivity index (χ2v) is 13.1. The van der Waals surface area contributed by atoms with Gasteiger partial charge in [0, 0.05) is 0 Å². The maximum Gasteiger partial charge on any atom is 0.306 e. The van der Waals surface area contributed by atoms with Crippen molar-refractivity contribution in [3.05, 3.63) is 0 Å². The number of hydrogen-bond acceptors (Lipinski definition) is 1. The molecule has 0 spiro atoms. The van der Waals surface area contributed by atoms with E-state index in [1.165, 1.54) is 161 Å². The number of unbranched alkanes of at least 4 members (excludes halogenated alkanes) is 20. The van der Waals surface area contributed by atoms with Crippen LogP contribution in [-0.2, 0) is 4.79 Å². The third-order valence-electron chi connectivity index (χ3n) is 8.71. The summed E-state index contributed by atoms with van der Waals surface area (Å²) in [5.74, 6) is 0.832. The first kappa shape index (κ1) is 37.5. The summed E-state index contributed by atoms with van der Waals surface area (Å²) in [4.78, 5) is 11.8.